The van der Waals surface area contributed by atoms with Crippen LogP contribution in [0.2, 0.25) is 0 Å². The maximum absolute atomic E-state index is 11.8. The molecule has 3 rings (SSSR count). The third kappa shape index (κ3) is 4.59. The van der Waals surface area contributed by atoms with E-state index in [1.807, 2.05) is 6.07 Å². The van der Waals surface area contributed by atoms with Gasteiger partial charge < -0.3 is 9.80 Å². The summed E-state index contributed by atoms with van der Waals surface area (Å²) in [6.45, 7) is 2.12. The lowest BCUT2D eigenvalue weighted by Gasteiger charge is -2.34. The zero-order chi connectivity index (χ0) is 17.6. The highest BCUT2D eigenvalue weighted by Crippen LogP contribution is 2.29. The van der Waals surface area contributed by atoms with Crippen molar-refractivity contribution in [3.63, 3.8) is 0 Å². The van der Waals surface area contributed by atoms with Crippen molar-refractivity contribution in [1.29, 1.82) is 0 Å². The molecule has 1 amide bonds. The van der Waals surface area contributed by atoms with Gasteiger partial charge in [0, 0.05) is 56.6 Å². The van der Waals surface area contributed by atoms with Crippen molar-refractivity contribution in [1.82, 2.24) is 9.88 Å². The molecule has 1 aliphatic rings. The fraction of sp³-hybridized carbons (Fsp3) is 0.429. The fourth-order valence-corrected chi connectivity index (χ4v) is 3.42. The maximum atomic E-state index is 11.8. The summed E-state index contributed by atoms with van der Waals surface area (Å²) >= 11 is 0. The smallest absolute Gasteiger partial charge is 0.222 e. The van der Waals surface area contributed by atoms with Gasteiger partial charge in [-0.05, 0) is 43.5 Å². The number of amides is 1. The van der Waals surface area contributed by atoms with Gasteiger partial charge in [0.2, 0.25) is 5.91 Å². The van der Waals surface area contributed by atoms with Gasteiger partial charge in [-0.1, -0.05) is 24.3 Å². The number of aromatic nitrogens is 1. The molecular formula is C21H27N3O. The first kappa shape index (κ1) is 17.5. The molecule has 25 heavy (non-hydrogen) atoms. The minimum Gasteiger partial charge on any atom is -0.371 e. The summed E-state index contributed by atoms with van der Waals surface area (Å²) in [5.74, 6) is 0.610. The molecule has 0 saturated carbocycles. The molecular weight excluding hydrogens is 310 g/mol. The molecule has 1 aromatic carbocycles. The molecule has 4 nitrogen and oxygen atoms in total. The first-order valence-corrected chi connectivity index (χ1v) is 9.09. The van der Waals surface area contributed by atoms with Crippen LogP contribution >= 0.6 is 0 Å². The number of benzene rings is 1. The van der Waals surface area contributed by atoms with Crippen LogP contribution in [0.5, 0.6) is 0 Å². The summed E-state index contributed by atoms with van der Waals surface area (Å²) in [6.07, 6.45) is 3.59. The van der Waals surface area contributed by atoms with E-state index in [0.29, 0.717) is 18.8 Å². The number of aryl methyl sites for hydroxylation is 1. The second kappa shape index (κ2) is 8.15. The van der Waals surface area contributed by atoms with Gasteiger partial charge in [-0.15, -0.1) is 0 Å². The van der Waals surface area contributed by atoms with Gasteiger partial charge in [0.25, 0.3) is 0 Å². The molecule has 0 spiro atoms. The van der Waals surface area contributed by atoms with E-state index < -0.39 is 0 Å². The van der Waals surface area contributed by atoms with E-state index in [0.717, 1.165) is 24.5 Å². The second-order valence-corrected chi connectivity index (χ2v) is 6.96. The molecule has 1 atom stereocenters. The SMILES string of the molecule is CN(C)C(=O)CCc1cccc([C@H]2CCCN(c3ccccc3)C2)n1. The first-order chi connectivity index (χ1) is 12.1. The van der Waals surface area contributed by atoms with Gasteiger partial charge in [0.15, 0.2) is 0 Å². The van der Waals surface area contributed by atoms with Crippen LogP contribution in [0.4, 0.5) is 5.69 Å². The molecule has 1 saturated heterocycles. The van der Waals surface area contributed by atoms with Crippen LogP contribution < -0.4 is 4.90 Å². The number of rotatable bonds is 5. The molecule has 2 heterocycles. The number of pyridine rings is 1. The maximum Gasteiger partial charge on any atom is 0.222 e. The lowest BCUT2D eigenvalue weighted by molar-refractivity contribution is -0.128. The van der Waals surface area contributed by atoms with E-state index in [1.54, 1.807) is 19.0 Å². The Balaban J connectivity index is 1.67. The quantitative estimate of drug-likeness (QED) is 0.838. The first-order valence-electron chi connectivity index (χ1n) is 9.09. The summed E-state index contributed by atoms with van der Waals surface area (Å²) in [5, 5.41) is 0. The normalized spacial score (nSPS) is 17.4. The number of piperidine rings is 1. The van der Waals surface area contributed by atoms with Gasteiger partial charge >= 0.3 is 0 Å². The van der Waals surface area contributed by atoms with E-state index >= 15 is 0 Å². The van der Waals surface area contributed by atoms with Crippen molar-refractivity contribution < 1.29 is 4.79 Å². The molecule has 0 aliphatic carbocycles. The fourth-order valence-electron chi connectivity index (χ4n) is 3.42. The molecule has 2 aromatic rings. The summed E-state index contributed by atoms with van der Waals surface area (Å²) in [5.41, 5.74) is 3.47. The Morgan fingerprint density at radius 2 is 1.96 bits per heavy atom. The van der Waals surface area contributed by atoms with E-state index in [2.05, 4.69) is 47.4 Å². The Morgan fingerprint density at radius 1 is 1.16 bits per heavy atom. The second-order valence-electron chi connectivity index (χ2n) is 6.96. The minimum atomic E-state index is 0.153. The van der Waals surface area contributed by atoms with Crippen LogP contribution in [0.25, 0.3) is 0 Å². The Morgan fingerprint density at radius 3 is 2.72 bits per heavy atom. The van der Waals surface area contributed by atoms with E-state index in [4.69, 9.17) is 4.98 Å². The average molecular weight is 337 g/mol. The molecule has 1 aliphatic heterocycles. The zero-order valence-electron chi connectivity index (χ0n) is 15.2. The van der Waals surface area contributed by atoms with Crippen molar-refractivity contribution in [3.05, 3.63) is 59.9 Å². The predicted molar refractivity (Wildman–Crippen MR) is 102 cm³/mol. The van der Waals surface area contributed by atoms with Crippen LogP contribution in [-0.4, -0.2) is 43.0 Å². The number of carbonyl (C=O) groups is 1. The van der Waals surface area contributed by atoms with Crippen molar-refractivity contribution in [2.45, 2.75) is 31.6 Å². The molecule has 1 fully saturated rings. The summed E-state index contributed by atoms with van der Waals surface area (Å²) in [7, 11) is 3.60. The van der Waals surface area contributed by atoms with Crippen molar-refractivity contribution in [2.24, 2.45) is 0 Å². The van der Waals surface area contributed by atoms with Gasteiger partial charge in [0.1, 0.15) is 0 Å². The molecule has 4 heteroatoms. The van der Waals surface area contributed by atoms with Crippen LogP contribution in [0.15, 0.2) is 48.5 Å². The lowest BCUT2D eigenvalue weighted by atomic mass is 9.93. The minimum absolute atomic E-state index is 0.153. The highest BCUT2D eigenvalue weighted by atomic mass is 16.2. The van der Waals surface area contributed by atoms with Crippen LogP contribution in [0.3, 0.4) is 0 Å². The Hall–Kier alpha value is -2.36. The standard InChI is InChI=1S/C21H27N3O/c1-23(2)21(25)14-13-18-9-6-12-20(22-18)17-8-7-15-24(16-17)19-10-4-3-5-11-19/h3-6,9-12,17H,7-8,13-16H2,1-2H3/t17-/m0/s1. The highest BCUT2D eigenvalue weighted by Gasteiger charge is 2.22. The Kier molecular flexibility index (Phi) is 5.69. The van der Waals surface area contributed by atoms with E-state index in [1.165, 1.54) is 18.5 Å². The van der Waals surface area contributed by atoms with Crippen LogP contribution in [-0.2, 0) is 11.2 Å². The number of hydrogen-bond donors (Lipinski definition) is 0. The molecule has 0 bridgehead atoms. The van der Waals surface area contributed by atoms with Gasteiger partial charge in [-0.3, -0.25) is 9.78 Å². The van der Waals surface area contributed by atoms with Gasteiger partial charge in [-0.2, -0.15) is 0 Å². The number of nitrogens with zero attached hydrogens (tertiary/aromatic N) is 3. The predicted octanol–water partition coefficient (Wildman–Crippen LogP) is 3.49. The van der Waals surface area contributed by atoms with Crippen LogP contribution in [0.1, 0.15) is 36.6 Å². The van der Waals surface area contributed by atoms with Gasteiger partial charge in [0.05, 0.1) is 0 Å². The van der Waals surface area contributed by atoms with E-state index in [-0.39, 0.29) is 5.91 Å². The average Bonchev–Trinajstić information content (AvgIpc) is 2.67. The van der Waals surface area contributed by atoms with Crippen molar-refractivity contribution in [2.75, 3.05) is 32.1 Å². The van der Waals surface area contributed by atoms with Gasteiger partial charge in [-0.25, -0.2) is 0 Å². The van der Waals surface area contributed by atoms with Crippen LogP contribution in [0, 0.1) is 0 Å². The zero-order valence-corrected chi connectivity index (χ0v) is 15.2. The third-order valence-electron chi connectivity index (χ3n) is 4.88. The Bertz CT molecular complexity index is 699. The van der Waals surface area contributed by atoms with E-state index in [9.17, 15) is 4.79 Å². The highest BCUT2D eigenvalue weighted by molar-refractivity contribution is 5.75. The lowest BCUT2D eigenvalue weighted by Crippen LogP contribution is -2.34. The molecule has 0 unspecified atom stereocenters. The molecule has 0 N–H and O–H groups in total. The largest absolute Gasteiger partial charge is 0.371 e. The molecule has 0 radical (unpaired) electrons. The topological polar surface area (TPSA) is 36.4 Å². The summed E-state index contributed by atoms with van der Waals surface area (Å²) in [4.78, 5) is 20.8. The molecule has 1 aromatic heterocycles. The number of anilines is 1. The summed E-state index contributed by atoms with van der Waals surface area (Å²) in [6, 6.07) is 16.9. The summed E-state index contributed by atoms with van der Waals surface area (Å²) < 4.78 is 0. The number of hydrogen-bond acceptors (Lipinski definition) is 3. The monoisotopic (exact) mass is 337 g/mol. The molecule has 132 valence electrons. The Labute approximate surface area is 150 Å². The number of carbonyl (C=O) groups excluding carboxylic acids is 1. The number of para-hydroxylation sites is 1. The third-order valence-corrected chi connectivity index (χ3v) is 4.88. The van der Waals surface area contributed by atoms with Crippen molar-refractivity contribution in [3.8, 4) is 0 Å². The van der Waals surface area contributed by atoms with Crippen molar-refractivity contribution >= 4 is 11.6 Å².